The van der Waals surface area contributed by atoms with Gasteiger partial charge in [0.05, 0.1) is 6.54 Å². The summed E-state index contributed by atoms with van der Waals surface area (Å²) in [5.74, 6) is 0.717. The van der Waals surface area contributed by atoms with E-state index in [2.05, 4.69) is 41.7 Å². The SMILES string of the molecule is CCNC(=NCc1ccc(F)c(CN(C)C)c1)N(C)CCc1cccs1. The van der Waals surface area contributed by atoms with E-state index in [1.807, 2.05) is 31.1 Å². The molecule has 0 bridgehead atoms. The maximum atomic E-state index is 13.9. The lowest BCUT2D eigenvalue weighted by molar-refractivity contribution is 0.392. The van der Waals surface area contributed by atoms with Crippen LogP contribution in [0.1, 0.15) is 22.9 Å². The van der Waals surface area contributed by atoms with Gasteiger partial charge in [0.15, 0.2) is 5.96 Å². The van der Waals surface area contributed by atoms with Gasteiger partial charge in [0.25, 0.3) is 0 Å². The van der Waals surface area contributed by atoms with Crippen LogP contribution in [0.5, 0.6) is 0 Å². The second kappa shape index (κ2) is 10.3. The molecule has 6 heteroatoms. The summed E-state index contributed by atoms with van der Waals surface area (Å²) < 4.78 is 13.9. The number of aliphatic imine (C=N–C) groups is 1. The number of benzene rings is 1. The molecule has 0 aliphatic heterocycles. The van der Waals surface area contributed by atoms with Crippen molar-refractivity contribution in [2.75, 3.05) is 34.2 Å². The molecule has 0 fully saturated rings. The molecule has 0 saturated heterocycles. The van der Waals surface area contributed by atoms with Gasteiger partial charge in [-0.1, -0.05) is 12.1 Å². The Labute approximate surface area is 160 Å². The highest BCUT2D eigenvalue weighted by atomic mass is 32.1. The third kappa shape index (κ3) is 6.42. The number of hydrogen-bond donors (Lipinski definition) is 1. The second-order valence-corrected chi connectivity index (χ2v) is 7.62. The largest absolute Gasteiger partial charge is 0.357 e. The monoisotopic (exact) mass is 376 g/mol. The van der Waals surface area contributed by atoms with Crippen molar-refractivity contribution in [1.82, 2.24) is 15.1 Å². The molecule has 26 heavy (non-hydrogen) atoms. The molecule has 0 aliphatic carbocycles. The molecule has 0 atom stereocenters. The predicted molar refractivity (Wildman–Crippen MR) is 109 cm³/mol. The predicted octanol–water partition coefficient (Wildman–Crippen LogP) is 3.59. The van der Waals surface area contributed by atoms with Crippen molar-refractivity contribution < 1.29 is 4.39 Å². The maximum Gasteiger partial charge on any atom is 0.193 e. The van der Waals surface area contributed by atoms with E-state index < -0.39 is 0 Å². The van der Waals surface area contributed by atoms with Crippen LogP contribution in [0.15, 0.2) is 40.7 Å². The highest BCUT2D eigenvalue weighted by Gasteiger charge is 2.08. The average Bonchev–Trinajstić information content (AvgIpc) is 3.12. The Bertz CT molecular complexity index is 698. The molecular formula is C20H29FN4S. The van der Waals surface area contributed by atoms with Gasteiger partial charge in [0.2, 0.25) is 0 Å². The van der Waals surface area contributed by atoms with E-state index in [4.69, 9.17) is 4.99 Å². The minimum Gasteiger partial charge on any atom is -0.357 e. The zero-order valence-corrected chi connectivity index (χ0v) is 16.9. The smallest absolute Gasteiger partial charge is 0.193 e. The summed E-state index contributed by atoms with van der Waals surface area (Å²) in [5.41, 5.74) is 1.73. The first-order valence-corrected chi connectivity index (χ1v) is 9.81. The molecule has 2 rings (SSSR count). The van der Waals surface area contributed by atoms with E-state index in [1.54, 1.807) is 11.3 Å². The lowest BCUT2D eigenvalue weighted by atomic mass is 10.1. The van der Waals surface area contributed by atoms with Crippen LogP contribution in [0.2, 0.25) is 0 Å². The first-order chi connectivity index (χ1) is 12.5. The van der Waals surface area contributed by atoms with E-state index >= 15 is 0 Å². The van der Waals surface area contributed by atoms with E-state index in [0.717, 1.165) is 31.0 Å². The van der Waals surface area contributed by atoms with E-state index in [0.29, 0.717) is 18.7 Å². The summed E-state index contributed by atoms with van der Waals surface area (Å²) in [6.45, 7) is 4.91. The highest BCUT2D eigenvalue weighted by Crippen LogP contribution is 2.13. The van der Waals surface area contributed by atoms with Gasteiger partial charge in [-0.2, -0.15) is 0 Å². The number of guanidine groups is 1. The van der Waals surface area contributed by atoms with Gasteiger partial charge < -0.3 is 15.1 Å². The molecule has 0 saturated carbocycles. The van der Waals surface area contributed by atoms with Crippen LogP contribution in [0.25, 0.3) is 0 Å². The minimum atomic E-state index is -0.161. The Morgan fingerprint density at radius 3 is 2.69 bits per heavy atom. The highest BCUT2D eigenvalue weighted by molar-refractivity contribution is 7.09. The van der Waals surface area contributed by atoms with Gasteiger partial charge >= 0.3 is 0 Å². The number of nitrogens with one attached hydrogen (secondary N) is 1. The maximum absolute atomic E-state index is 13.9. The summed E-state index contributed by atoms with van der Waals surface area (Å²) in [6, 6.07) is 9.50. The molecular weight excluding hydrogens is 347 g/mol. The number of rotatable bonds is 8. The summed E-state index contributed by atoms with van der Waals surface area (Å²) in [4.78, 5) is 10.2. The number of hydrogen-bond acceptors (Lipinski definition) is 3. The number of nitrogens with zero attached hydrogens (tertiary/aromatic N) is 3. The first kappa shape index (κ1) is 20.4. The minimum absolute atomic E-state index is 0.161. The van der Waals surface area contributed by atoms with Crippen molar-refractivity contribution in [3.63, 3.8) is 0 Å². The Morgan fingerprint density at radius 2 is 2.04 bits per heavy atom. The summed E-state index contributed by atoms with van der Waals surface area (Å²) in [6.07, 6.45) is 1.00. The quantitative estimate of drug-likeness (QED) is 0.564. The van der Waals surface area contributed by atoms with Crippen LogP contribution in [-0.2, 0) is 19.5 Å². The van der Waals surface area contributed by atoms with E-state index in [9.17, 15) is 4.39 Å². The average molecular weight is 377 g/mol. The van der Waals surface area contributed by atoms with Crippen molar-refractivity contribution in [1.29, 1.82) is 0 Å². The Balaban J connectivity index is 2.03. The molecule has 1 N–H and O–H groups in total. The Hall–Kier alpha value is -1.92. The van der Waals surface area contributed by atoms with Crippen molar-refractivity contribution in [3.8, 4) is 0 Å². The number of likely N-dealkylation sites (N-methyl/N-ethyl adjacent to an activating group) is 1. The fourth-order valence-corrected chi connectivity index (χ4v) is 3.36. The van der Waals surface area contributed by atoms with Crippen molar-refractivity contribution in [2.45, 2.75) is 26.4 Å². The van der Waals surface area contributed by atoms with Gasteiger partial charge in [-0.15, -0.1) is 11.3 Å². The Morgan fingerprint density at radius 1 is 1.23 bits per heavy atom. The van der Waals surface area contributed by atoms with E-state index in [-0.39, 0.29) is 5.82 Å². The number of halogens is 1. The van der Waals surface area contributed by atoms with Gasteiger partial charge in [-0.3, -0.25) is 0 Å². The van der Waals surface area contributed by atoms with Crippen LogP contribution >= 0.6 is 11.3 Å². The van der Waals surface area contributed by atoms with Crippen molar-refractivity contribution >= 4 is 17.3 Å². The molecule has 1 aromatic heterocycles. The normalized spacial score (nSPS) is 11.8. The molecule has 0 aliphatic rings. The van der Waals surface area contributed by atoms with E-state index in [1.165, 1.54) is 10.9 Å². The van der Waals surface area contributed by atoms with Gasteiger partial charge in [-0.25, -0.2) is 9.38 Å². The van der Waals surface area contributed by atoms with Crippen molar-refractivity contribution in [2.24, 2.45) is 4.99 Å². The molecule has 142 valence electrons. The summed E-state index contributed by atoms with van der Waals surface area (Å²) >= 11 is 1.78. The van der Waals surface area contributed by atoms with Crippen molar-refractivity contribution in [3.05, 3.63) is 57.5 Å². The zero-order valence-electron chi connectivity index (χ0n) is 16.1. The van der Waals surface area contributed by atoms with Crippen LogP contribution in [0.3, 0.4) is 0 Å². The fourth-order valence-electron chi connectivity index (χ4n) is 2.66. The zero-order chi connectivity index (χ0) is 18.9. The molecule has 4 nitrogen and oxygen atoms in total. The van der Waals surface area contributed by atoms with Gasteiger partial charge in [0, 0.05) is 37.1 Å². The molecule has 0 radical (unpaired) electrons. The van der Waals surface area contributed by atoms with Crippen LogP contribution < -0.4 is 5.32 Å². The topological polar surface area (TPSA) is 30.9 Å². The fraction of sp³-hybridized carbons (Fsp3) is 0.450. The second-order valence-electron chi connectivity index (χ2n) is 6.58. The molecule has 2 aromatic rings. The lowest BCUT2D eigenvalue weighted by Crippen LogP contribution is -2.39. The van der Waals surface area contributed by atoms with Crippen LogP contribution in [0.4, 0.5) is 4.39 Å². The van der Waals surface area contributed by atoms with Gasteiger partial charge in [-0.05, 0) is 56.6 Å². The van der Waals surface area contributed by atoms with Gasteiger partial charge in [0.1, 0.15) is 5.82 Å². The van der Waals surface area contributed by atoms with Crippen LogP contribution in [0, 0.1) is 5.82 Å². The third-order valence-electron chi connectivity index (χ3n) is 3.98. The summed E-state index contributed by atoms with van der Waals surface area (Å²) in [5, 5.41) is 5.44. The standard InChI is InChI=1S/C20H29FN4S/c1-5-22-20(25(4)11-10-18-7-6-12-26-18)23-14-16-8-9-19(21)17(13-16)15-24(2)3/h6-9,12-13H,5,10-11,14-15H2,1-4H3,(H,22,23). The Kier molecular flexibility index (Phi) is 8.06. The number of thiophene rings is 1. The third-order valence-corrected chi connectivity index (χ3v) is 4.91. The molecule has 1 heterocycles. The molecule has 0 amide bonds. The summed E-state index contributed by atoms with van der Waals surface area (Å²) in [7, 11) is 5.93. The first-order valence-electron chi connectivity index (χ1n) is 8.93. The molecule has 0 unspecified atom stereocenters. The molecule has 1 aromatic carbocycles. The van der Waals surface area contributed by atoms with Crippen LogP contribution in [-0.4, -0.2) is 50.0 Å². The lowest BCUT2D eigenvalue weighted by Gasteiger charge is -2.22. The molecule has 0 spiro atoms.